The summed E-state index contributed by atoms with van der Waals surface area (Å²) in [6, 6.07) is 8.46. The second-order valence-electron chi connectivity index (χ2n) is 7.83. The van der Waals surface area contributed by atoms with Crippen molar-refractivity contribution in [3.8, 4) is 0 Å². The van der Waals surface area contributed by atoms with Crippen LogP contribution in [0.15, 0.2) is 47.4 Å². The Morgan fingerprint density at radius 2 is 1.65 bits per heavy atom. The van der Waals surface area contributed by atoms with Crippen LogP contribution in [0, 0.1) is 17.6 Å². The highest BCUT2D eigenvalue weighted by atomic mass is 35.5. The number of sulfone groups is 1. The van der Waals surface area contributed by atoms with Crippen molar-refractivity contribution >= 4 is 31.6 Å². The smallest absolute Gasteiger partial charge is 0.264 e. The van der Waals surface area contributed by atoms with Crippen molar-refractivity contribution in [2.24, 2.45) is 5.92 Å². The second kappa shape index (κ2) is 9.13. The summed E-state index contributed by atoms with van der Waals surface area (Å²) < 4.78 is 81.7. The van der Waals surface area contributed by atoms with E-state index in [1.165, 1.54) is 24.3 Å². The Bertz CT molecular complexity index is 1140. The van der Waals surface area contributed by atoms with E-state index in [1.807, 2.05) is 0 Å². The van der Waals surface area contributed by atoms with Gasteiger partial charge >= 0.3 is 0 Å². The lowest BCUT2D eigenvalue weighted by molar-refractivity contribution is 0.227. The van der Waals surface area contributed by atoms with Gasteiger partial charge in [0, 0.05) is 10.6 Å². The molecule has 2 aromatic carbocycles. The first-order valence-electron chi connectivity index (χ1n) is 9.75. The van der Waals surface area contributed by atoms with Gasteiger partial charge in [-0.1, -0.05) is 11.6 Å². The first-order valence-corrected chi connectivity index (χ1v) is 13.4. The molecule has 1 fully saturated rings. The summed E-state index contributed by atoms with van der Waals surface area (Å²) in [4.78, 5) is -0.0144. The van der Waals surface area contributed by atoms with Gasteiger partial charge in [-0.15, -0.1) is 0 Å². The van der Waals surface area contributed by atoms with Crippen LogP contribution in [0.4, 0.5) is 8.78 Å². The molecule has 1 saturated carbocycles. The van der Waals surface area contributed by atoms with Crippen LogP contribution in [-0.4, -0.2) is 29.7 Å². The fraction of sp³-hybridized carbons (Fsp3) is 0.429. The molecule has 2 aromatic rings. The van der Waals surface area contributed by atoms with Crippen LogP contribution >= 0.6 is 11.6 Å². The van der Waals surface area contributed by atoms with E-state index in [-0.39, 0.29) is 35.8 Å². The number of hydrogen-bond acceptors (Lipinski definition) is 5. The first-order chi connectivity index (χ1) is 14.4. The summed E-state index contributed by atoms with van der Waals surface area (Å²) in [6.07, 6.45) is 2.33. The molecule has 0 N–H and O–H groups in total. The highest BCUT2D eigenvalue weighted by molar-refractivity contribution is 7.92. The molecule has 10 heteroatoms. The van der Waals surface area contributed by atoms with Gasteiger partial charge in [0.25, 0.3) is 10.1 Å². The van der Waals surface area contributed by atoms with Gasteiger partial charge in [0.1, 0.15) is 16.4 Å². The van der Waals surface area contributed by atoms with Crippen molar-refractivity contribution in [1.82, 2.24) is 0 Å². The molecule has 31 heavy (non-hydrogen) atoms. The minimum atomic E-state index is -4.09. The van der Waals surface area contributed by atoms with Crippen LogP contribution in [0.25, 0.3) is 0 Å². The van der Waals surface area contributed by atoms with Gasteiger partial charge in [-0.2, -0.15) is 8.42 Å². The number of benzene rings is 2. The maximum atomic E-state index is 14.8. The van der Waals surface area contributed by atoms with Gasteiger partial charge in [0.05, 0.1) is 17.8 Å². The second-order valence-corrected chi connectivity index (χ2v) is 12.2. The Hall–Kier alpha value is -1.55. The predicted octanol–water partition coefficient (Wildman–Crippen LogP) is 4.84. The molecule has 0 amide bonds. The number of halogens is 3. The molecule has 0 aromatic heterocycles. The summed E-state index contributed by atoms with van der Waals surface area (Å²) in [5, 5.41) is 0.361. The molecular formula is C21H23ClF2O5S2. The molecule has 0 heterocycles. The van der Waals surface area contributed by atoms with E-state index in [4.69, 9.17) is 15.8 Å². The normalized spacial score (nSPS) is 22.4. The molecule has 170 valence electrons. The monoisotopic (exact) mass is 492 g/mol. The van der Waals surface area contributed by atoms with Crippen LogP contribution in [0.1, 0.15) is 37.7 Å². The highest BCUT2D eigenvalue weighted by Gasteiger charge is 2.49. The van der Waals surface area contributed by atoms with Crippen molar-refractivity contribution in [2.75, 3.05) is 12.9 Å². The largest absolute Gasteiger partial charge is 0.270 e. The van der Waals surface area contributed by atoms with Gasteiger partial charge in [0.15, 0.2) is 9.84 Å². The Kier molecular flexibility index (Phi) is 7.10. The zero-order valence-corrected chi connectivity index (χ0v) is 19.2. The zero-order valence-electron chi connectivity index (χ0n) is 16.9. The van der Waals surface area contributed by atoms with E-state index in [9.17, 15) is 25.6 Å². The van der Waals surface area contributed by atoms with E-state index in [2.05, 4.69) is 0 Å². The van der Waals surface area contributed by atoms with Crippen molar-refractivity contribution in [1.29, 1.82) is 0 Å². The van der Waals surface area contributed by atoms with Gasteiger partial charge in [-0.05, 0) is 80.5 Å². The van der Waals surface area contributed by atoms with Gasteiger partial charge in [-0.25, -0.2) is 17.2 Å². The van der Waals surface area contributed by atoms with E-state index in [1.54, 1.807) is 0 Å². The molecule has 1 aliphatic carbocycles. The highest BCUT2D eigenvalue weighted by Crippen LogP contribution is 2.49. The third-order valence-electron chi connectivity index (χ3n) is 5.79. The quantitative estimate of drug-likeness (QED) is 0.517. The van der Waals surface area contributed by atoms with Crippen molar-refractivity contribution in [2.45, 2.75) is 41.7 Å². The lowest BCUT2D eigenvalue weighted by atomic mass is 9.76. The van der Waals surface area contributed by atoms with Crippen LogP contribution in [0.2, 0.25) is 5.02 Å². The van der Waals surface area contributed by atoms with Crippen molar-refractivity contribution in [3.63, 3.8) is 0 Å². The lowest BCUT2D eigenvalue weighted by Crippen LogP contribution is -2.41. The molecule has 0 unspecified atom stereocenters. The molecule has 0 saturated heterocycles. The molecule has 0 radical (unpaired) electrons. The Morgan fingerprint density at radius 1 is 1.03 bits per heavy atom. The molecule has 3 rings (SSSR count). The average Bonchev–Trinajstić information content (AvgIpc) is 2.70. The molecule has 0 aliphatic heterocycles. The topological polar surface area (TPSA) is 77.5 Å². The van der Waals surface area contributed by atoms with Crippen molar-refractivity contribution < 1.29 is 29.8 Å². The van der Waals surface area contributed by atoms with Crippen LogP contribution in [0.3, 0.4) is 0 Å². The van der Waals surface area contributed by atoms with Gasteiger partial charge < -0.3 is 0 Å². The summed E-state index contributed by atoms with van der Waals surface area (Å²) >= 11 is 5.89. The standard InChI is InChI=1S/C21H23ClF2O5S2/c1-30(25,26)29-13-10-15-8-11-21(12-9-15,19-14-17(23)4-7-20(19)24)31(27,28)18-5-2-16(22)3-6-18/h2-7,14-15H,8-13H2,1H3. The zero-order chi connectivity index (χ0) is 22.9. The molecular weight excluding hydrogens is 470 g/mol. The molecule has 5 nitrogen and oxygen atoms in total. The van der Waals surface area contributed by atoms with Crippen molar-refractivity contribution in [3.05, 3.63) is 64.7 Å². The number of rotatable bonds is 7. The third-order valence-corrected chi connectivity index (χ3v) is 9.19. The van der Waals surface area contributed by atoms with E-state index >= 15 is 0 Å². The first kappa shape index (κ1) is 24.1. The van der Waals surface area contributed by atoms with E-state index in [0.29, 0.717) is 24.3 Å². The van der Waals surface area contributed by atoms with Crippen LogP contribution < -0.4 is 0 Å². The predicted molar refractivity (Wildman–Crippen MR) is 114 cm³/mol. The summed E-state index contributed by atoms with van der Waals surface area (Å²) in [7, 11) is -7.65. The maximum absolute atomic E-state index is 14.8. The van der Waals surface area contributed by atoms with E-state index < -0.39 is 36.3 Å². The van der Waals surface area contributed by atoms with Crippen LogP contribution in [0.5, 0.6) is 0 Å². The molecule has 0 bridgehead atoms. The van der Waals surface area contributed by atoms with E-state index in [0.717, 1.165) is 24.5 Å². The fourth-order valence-corrected chi connectivity index (χ4v) is 6.86. The molecule has 1 aliphatic rings. The summed E-state index contributed by atoms with van der Waals surface area (Å²) in [6.45, 7) is -0.00520. The Balaban J connectivity index is 1.96. The minimum absolute atomic E-state index is 0.00520. The minimum Gasteiger partial charge on any atom is -0.270 e. The maximum Gasteiger partial charge on any atom is 0.264 e. The molecule has 0 spiro atoms. The fourth-order valence-electron chi connectivity index (χ4n) is 4.17. The SMILES string of the molecule is CS(=O)(=O)OCCC1CCC(c2cc(F)ccc2F)(S(=O)(=O)c2ccc(Cl)cc2)CC1. The Morgan fingerprint density at radius 3 is 2.23 bits per heavy atom. The van der Waals surface area contributed by atoms with Crippen LogP contribution in [-0.2, 0) is 28.9 Å². The number of hydrogen-bond donors (Lipinski definition) is 0. The third kappa shape index (κ3) is 5.27. The Labute approximate surface area is 186 Å². The summed E-state index contributed by atoms with van der Waals surface area (Å²) in [5.74, 6) is -1.49. The lowest BCUT2D eigenvalue weighted by Gasteiger charge is -2.40. The van der Waals surface area contributed by atoms with Gasteiger partial charge in [-0.3, -0.25) is 4.18 Å². The summed E-state index contributed by atoms with van der Waals surface area (Å²) in [5.41, 5.74) is -0.187. The average molecular weight is 493 g/mol. The molecule has 0 atom stereocenters. The van der Waals surface area contributed by atoms with Gasteiger partial charge in [0.2, 0.25) is 0 Å².